The summed E-state index contributed by atoms with van der Waals surface area (Å²) < 4.78 is 43.9. The Kier molecular flexibility index (Phi) is 47.5. The molecule has 63 heavy (non-hydrogen) atoms. The molecule has 8 saturated heterocycles. The normalized spacial score (nSPS) is 22.2. The van der Waals surface area contributed by atoms with E-state index in [9.17, 15) is 40.8 Å². The second-order valence-electron chi connectivity index (χ2n) is 15.4. The number of nitrogens with one attached hydrogen (secondary N) is 8. The minimum absolute atomic E-state index is 0. The first-order valence-corrected chi connectivity index (χ1v) is 25.7. The van der Waals surface area contributed by atoms with Gasteiger partial charge in [-0.1, -0.05) is 42.5 Å². The van der Waals surface area contributed by atoms with Crippen molar-refractivity contribution in [1.82, 2.24) is 41.9 Å². The molecule has 1 saturated carbocycles. The molecule has 9 rings (SSSR count). The molecule has 3 amide bonds. The van der Waals surface area contributed by atoms with E-state index in [1.165, 1.54) is 64.7 Å². The van der Waals surface area contributed by atoms with Gasteiger partial charge in [-0.3, -0.25) is 24.0 Å². The molecule has 0 unspecified atom stereocenters. The van der Waals surface area contributed by atoms with Crippen molar-refractivity contribution < 1.29 is 40.8 Å². The predicted octanol–water partition coefficient (Wildman–Crippen LogP) is 3.53. The summed E-state index contributed by atoms with van der Waals surface area (Å²) in [6.45, 7) is 11.5. The molecule has 0 atom stereocenters. The predicted molar refractivity (Wildman–Crippen MR) is 260 cm³/mol. The lowest BCUT2D eigenvalue weighted by Crippen LogP contribution is -2.44. The summed E-state index contributed by atoms with van der Waals surface area (Å²) in [6, 6.07) is 0. The van der Waals surface area contributed by atoms with Crippen LogP contribution < -0.4 is 41.9 Å². The van der Waals surface area contributed by atoms with Gasteiger partial charge in [0.1, 0.15) is 21.4 Å². The fourth-order valence-electron chi connectivity index (χ4n) is 6.25. The Morgan fingerprint density at radius 2 is 0.746 bits per heavy atom. The second kappa shape index (κ2) is 44.6. The van der Waals surface area contributed by atoms with Gasteiger partial charge in [0.2, 0.25) is 27.7 Å². The van der Waals surface area contributed by atoms with Crippen LogP contribution in [-0.4, -0.2) is 142 Å². The van der Waals surface area contributed by atoms with Crippen molar-refractivity contribution in [2.24, 2.45) is 0 Å². The summed E-state index contributed by atoms with van der Waals surface area (Å²) in [5.41, 5.74) is 0. The first kappa shape index (κ1) is 67.0. The van der Waals surface area contributed by atoms with Crippen molar-refractivity contribution in [2.75, 3.05) is 95.8 Å². The monoisotopic (exact) mass is 943 g/mol. The van der Waals surface area contributed by atoms with Crippen LogP contribution in [0.25, 0.3) is 0 Å². The van der Waals surface area contributed by atoms with Gasteiger partial charge in [-0.05, 0) is 110 Å². The van der Waals surface area contributed by atoms with Crippen LogP contribution in [0.1, 0.15) is 158 Å². The van der Waals surface area contributed by atoms with Crippen molar-refractivity contribution in [3.05, 3.63) is 0 Å². The number of sulfonamides is 1. The topological polar surface area (TPSA) is 250 Å². The maximum Gasteiger partial charge on any atom is 0.234 e. The Balaban J connectivity index is -0.000000309. The lowest BCUT2D eigenvalue weighted by molar-refractivity contribution is -0.121. The maximum absolute atomic E-state index is 10.6. The molecule has 8 aliphatic heterocycles. The highest BCUT2D eigenvalue weighted by Crippen LogP contribution is 2.11. The molecular weight excluding hydrogens is 849 g/mol. The lowest BCUT2D eigenvalue weighted by Gasteiger charge is -2.11. The lowest BCUT2D eigenvalue weighted by atomic mass is 10.2. The summed E-state index contributed by atoms with van der Waals surface area (Å²) in [5.74, 6) is 2.54. The highest BCUT2D eigenvalue weighted by molar-refractivity contribution is 7.91. The summed E-state index contributed by atoms with van der Waals surface area (Å²) in [5, 5.41) is 20.7. The van der Waals surface area contributed by atoms with E-state index in [2.05, 4.69) is 41.9 Å². The van der Waals surface area contributed by atoms with Gasteiger partial charge in [-0.25, -0.2) is 21.6 Å². The number of sulfone groups is 1. The SMILES string of the molecule is C.C.C.C.C1CCNCC1.C1CCNCC1.O=C1CCCC1.O=C1CCCN1.O=C1CCCN1.O=C1CCCNCC1.O=C1CNCCN1.O=S1(=O)CCCC1.O=S1(=O)CCCN1. The number of carbonyl (C=O) groups is 5. The van der Waals surface area contributed by atoms with Gasteiger partial charge in [-0.2, -0.15) is 0 Å². The Morgan fingerprint density at radius 3 is 0.968 bits per heavy atom. The molecule has 0 aromatic heterocycles. The summed E-state index contributed by atoms with van der Waals surface area (Å²) in [4.78, 5) is 51.4. The van der Waals surface area contributed by atoms with Gasteiger partial charge in [0.25, 0.3) is 0 Å². The van der Waals surface area contributed by atoms with Crippen molar-refractivity contribution in [3.63, 3.8) is 0 Å². The third-order valence-corrected chi connectivity index (χ3v) is 13.0. The Labute approximate surface area is 384 Å². The van der Waals surface area contributed by atoms with Gasteiger partial charge < -0.3 is 37.2 Å². The molecule has 0 spiro atoms. The van der Waals surface area contributed by atoms with Gasteiger partial charge in [0.05, 0.1) is 23.8 Å². The molecule has 8 heterocycles. The molecule has 0 aromatic rings. The van der Waals surface area contributed by atoms with E-state index < -0.39 is 19.9 Å². The maximum atomic E-state index is 10.6. The number of piperidine rings is 2. The van der Waals surface area contributed by atoms with Crippen LogP contribution in [0.5, 0.6) is 0 Å². The number of rotatable bonds is 0. The van der Waals surface area contributed by atoms with Crippen LogP contribution in [0.15, 0.2) is 0 Å². The summed E-state index contributed by atoms with van der Waals surface area (Å²) in [7, 11) is -5.34. The summed E-state index contributed by atoms with van der Waals surface area (Å²) in [6.07, 6.45) is 21.0. The number of ketones is 2. The van der Waals surface area contributed by atoms with Gasteiger partial charge in [0, 0.05) is 77.8 Å². The van der Waals surface area contributed by atoms with Crippen LogP contribution in [0.3, 0.4) is 0 Å². The smallest absolute Gasteiger partial charge is 0.234 e. The second-order valence-corrected chi connectivity index (χ2v) is 19.6. The minimum atomic E-state index is -2.80. The van der Waals surface area contributed by atoms with Crippen LogP contribution in [0, 0.1) is 0 Å². The quantitative estimate of drug-likeness (QED) is 0.173. The van der Waals surface area contributed by atoms with Crippen molar-refractivity contribution in [3.8, 4) is 0 Å². The van der Waals surface area contributed by atoms with Crippen molar-refractivity contribution >= 4 is 49.1 Å². The molecular formula is C44H94N8O9S2. The number of piperazine rings is 1. The van der Waals surface area contributed by atoms with E-state index in [1.54, 1.807) is 0 Å². The van der Waals surface area contributed by atoms with Crippen LogP contribution in [-0.2, 0) is 43.8 Å². The Morgan fingerprint density at radius 1 is 0.317 bits per heavy atom. The van der Waals surface area contributed by atoms with E-state index in [0.717, 1.165) is 129 Å². The third kappa shape index (κ3) is 45.8. The van der Waals surface area contributed by atoms with Crippen molar-refractivity contribution in [1.29, 1.82) is 0 Å². The van der Waals surface area contributed by atoms with E-state index in [0.29, 0.717) is 41.9 Å². The molecule has 19 heteroatoms. The molecule has 0 bridgehead atoms. The van der Waals surface area contributed by atoms with E-state index in [1.807, 2.05) is 0 Å². The minimum Gasteiger partial charge on any atom is -0.356 e. The number of hydrogen-bond donors (Lipinski definition) is 8. The molecule has 1 aliphatic carbocycles. The fourth-order valence-corrected chi connectivity index (χ4v) is 8.87. The number of carbonyl (C=O) groups excluding carboxylic acids is 5. The van der Waals surface area contributed by atoms with Gasteiger partial charge in [0.15, 0.2) is 0 Å². The van der Waals surface area contributed by atoms with Gasteiger partial charge in [-0.15, -0.1) is 0 Å². The third-order valence-electron chi connectivity index (χ3n) is 9.75. The largest absolute Gasteiger partial charge is 0.356 e. The molecule has 9 aliphatic rings. The average molecular weight is 943 g/mol. The molecule has 9 fully saturated rings. The van der Waals surface area contributed by atoms with Crippen molar-refractivity contribution in [2.45, 2.75) is 158 Å². The summed E-state index contributed by atoms with van der Waals surface area (Å²) >= 11 is 0. The first-order valence-electron chi connectivity index (χ1n) is 22.2. The van der Waals surface area contributed by atoms with Crippen LogP contribution in [0.2, 0.25) is 0 Å². The van der Waals surface area contributed by atoms with E-state index in [4.69, 9.17) is 0 Å². The number of hydrogen-bond acceptors (Lipinski definition) is 13. The highest BCUT2D eigenvalue weighted by atomic mass is 32.2. The Hall–Kier alpha value is -2.55. The van der Waals surface area contributed by atoms with Crippen LogP contribution >= 0.6 is 0 Å². The molecule has 376 valence electrons. The number of amides is 3. The highest BCUT2D eigenvalue weighted by Gasteiger charge is 2.16. The number of Topliss-reactive ketones (excluding diaryl/α,β-unsaturated/α-hetero) is 2. The molecule has 17 nitrogen and oxygen atoms in total. The Bertz CT molecular complexity index is 1190. The fraction of sp³-hybridized carbons (Fsp3) is 0.886. The van der Waals surface area contributed by atoms with E-state index >= 15 is 0 Å². The average Bonchev–Trinajstić information content (AvgIpc) is 4.12. The molecule has 0 radical (unpaired) electrons. The van der Waals surface area contributed by atoms with Crippen LogP contribution in [0.4, 0.5) is 0 Å². The first-order chi connectivity index (χ1) is 28.4. The van der Waals surface area contributed by atoms with E-state index in [-0.39, 0.29) is 47.4 Å². The zero-order valence-corrected chi connectivity index (χ0v) is 37.4. The zero-order valence-electron chi connectivity index (χ0n) is 35.7. The van der Waals surface area contributed by atoms with Gasteiger partial charge >= 0.3 is 0 Å². The zero-order chi connectivity index (χ0) is 43.3. The standard InChI is InChI=1S/C6H11NO.2C5H11N.C5H8O.C4H8N2O.2C4H7NO.C4H8O2S.C3H7NO2S.4CH4/c8-6-2-1-4-7-5-3-6;2*1-2-4-6-5-3-1;6-5-3-1-2-4-5;7-4-3-5-1-2-6-4;2*6-4-2-1-3-5-4;2*5-7(6)3-1-2-4-7;;;;/h7H,1-5H2;2*6H,1-5H2;1-4H2;5H,1-3H2,(H,6,7);2*1-3H2,(H,5,6);1-4H2;4H,1-3H2;4*1H4. The molecule has 0 aromatic carbocycles. The molecule has 8 N–H and O–H groups in total.